The highest BCUT2D eigenvalue weighted by atomic mass is 16.5. The molecule has 0 radical (unpaired) electrons. The number of rotatable bonds is 4. The Balaban J connectivity index is 3.11. The summed E-state index contributed by atoms with van der Waals surface area (Å²) in [5, 5.41) is 0. The number of hydrogen-bond donors (Lipinski definition) is 0. The van der Waals surface area contributed by atoms with E-state index in [1.54, 1.807) is 7.11 Å². The van der Waals surface area contributed by atoms with Crippen molar-refractivity contribution in [2.24, 2.45) is 0 Å². The van der Waals surface area contributed by atoms with Gasteiger partial charge in [-0.05, 0) is 43.0 Å². The van der Waals surface area contributed by atoms with Gasteiger partial charge in [-0.15, -0.1) is 0 Å². The van der Waals surface area contributed by atoms with Crippen LogP contribution in [0, 0.1) is 6.92 Å². The lowest BCUT2D eigenvalue weighted by Crippen LogP contribution is -1.90. The molecule has 0 spiro atoms. The summed E-state index contributed by atoms with van der Waals surface area (Å²) in [4.78, 5) is 0. The van der Waals surface area contributed by atoms with Crippen molar-refractivity contribution in [1.29, 1.82) is 0 Å². The van der Waals surface area contributed by atoms with E-state index < -0.39 is 0 Å². The van der Waals surface area contributed by atoms with E-state index >= 15 is 0 Å². The molecule has 1 aromatic rings. The maximum absolute atomic E-state index is 5.34. The Morgan fingerprint density at radius 2 is 2.12 bits per heavy atom. The number of methoxy groups -OCH3 is 1. The van der Waals surface area contributed by atoms with Crippen LogP contribution >= 0.6 is 0 Å². The highest BCUT2D eigenvalue weighted by molar-refractivity contribution is 5.68. The molecule has 0 aromatic heterocycles. The average molecular weight is 216 g/mol. The van der Waals surface area contributed by atoms with Crippen LogP contribution in [0.2, 0.25) is 0 Å². The van der Waals surface area contributed by atoms with E-state index in [0.717, 1.165) is 12.2 Å². The Morgan fingerprint density at radius 3 is 2.69 bits per heavy atom. The molecule has 1 aromatic carbocycles. The van der Waals surface area contributed by atoms with Gasteiger partial charge in [0.05, 0.1) is 7.11 Å². The summed E-state index contributed by atoms with van der Waals surface area (Å²) >= 11 is 0. The minimum absolute atomic E-state index is 0.956. The number of hydrogen-bond acceptors (Lipinski definition) is 1. The van der Waals surface area contributed by atoms with E-state index in [1.165, 1.54) is 16.7 Å². The van der Waals surface area contributed by atoms with Gasteiger partial charge in [0.2, 0.25) is 0 Å². The predicted molar refractivity (Wildman–Crippen MR) is 70.8 cm³/mol. The van der Waals surface area contributed by atoms with E-state index in [2.05, 4.69) is 44.2 Å². The van der Waals surface area contributed by atoms with E-state index in [9.17, 15) is 0 Å². The molecule has 1 heteroatoms. The van der Waals surface area contributed by atoms with Crippen LogP contribution in [0.4, 0.5) is 0 Å². The Bertz CT molecular complexity index is 400. The third-order valence-electron chi connectivity index (χ3n) is 2.65. The van der Waals surface area contributed by atoms with Gasteiger partial charge in [-0.25, -0.2) is 0 Å². The Kier molecular flexibility index (Phi) is 4.84. The molecule has 0 aliphatic carbocycles. The fourth-order valence-electron chi connectivity index (χ4n) is 1.65. The molecule has 1 nitrogen and oxygen atoms in total. The Labute approximate surface area is 98.5 Å². The van der Waals surface area contributed by atoms with Crippen LogP contribution in [0.3, 0.4) is 0 Å². The van der Waals surface area contributed by atoms with Crippen LogP contribution in [-0.2, 0) is 0 Å². The van der Waals surface area contributed by atoms with Crippen molar-refractivity contribution >= 4 is 5.57 Å². The summed E-state index contributed by atoms with van der Waals surface area (Å²) in [6.07, 6.45) is 7.30. The zero-order valence-electron chi connectivity index (χ0n) is 10.6. The smallest absolute Gasteiger partial charge is 0.122 e. The van der Waals surface area contributed by atoms with Crippen molar-refractivity contribution in [3.63, 3.8) is 0 Å². The molecule has 86 valence electrons. The largest absolute Gasteiger partial charge is 0.496 e. The fourth-order valence-corrected chi connectivity index (χ4v) is 1.65. The first-order chi connectivity index (χ1) is 7.72. The van der Waals surface area contributed by atoms with Crippen molar-refractivity contribution in [2.75, 3.05) is 7.11 Å². The highest BCUT2D eigenvalue weighted by Gasteiger charge is 2.03. The predicted octanol–water partition coefficient (Wildman–Crippen LogP) is 4.37. The van der Waals surface area contributed by atoms with E-state index in [1.807, 2.05) is 13.0 Å². The van der Waals surface area contributed by atoms with Crippen molar-refractivity contribution < 1.29 is 4.74 Å². The Morgan fingerprint density at radius 1 is 1.38 bits per heavy atom. The zero-order chi connectivity index (χ0) is 12.0. The third-order valence-corrected chi connectivity index (χ3v) is 2.65. The van der Waals surface area contributed by atoms with Gasteiger partial charge in [0.15, 0.2) is 0 Å². The normalized spacial score (nSPS) is 12.1. The van der Waals surface area contributed by atoms with Gasteiger partial charge < -0.3 is 4.74 Å². The molecular formula is C15H20O. The van der Waals surface area contributed by atoms with Crippen LogP contribution < -0.4 is 4.74 Å². The quantitative estimate of drug-likeness (QED) is 0.679. The molecule has 0 saturated carbocycles. The number of aryl methyl sites for hydroxylation is 1. The van der Waals surface area contributed by atoms with Gasteiger partial charge in [-0.1, -0.05) is 37.3 Å². The molecule has 0 atom stereocenters. The second kappa shape index (κ2) is 6.16. The average Bonchev–Trinajstić information content (AvgIpc) is 2.32. The van der Waals surface area contributed by atoms with Crippen molar-refractivity contribution in [3.05, 3.63) is 47.6 Å². The molecule has 16 heavy (non-hydrogen) atoms. The number of ether oxygens (including phenoxy) is 1. The van der Waals surface area contributed by atoms with E-state index in [-0.39, 0.29) is 0 Å². The molecule has 0 bridgehead atoms. The SMILES string of the molecule is C/C=C\C=C(/CC)c1ccc(C)c(OC)c1. The summed E-state index contributed by atoms with van der Waals surface area (Å²) in [6.45, 7) is 6.26. The molecule has 0 aliphatic heterocycles. The van der Waals surface area contributed by atoms with Crippen LogP contribution in [0.15, 0.2) is 36.4 Å². The second-order valence-corrected chi connectivity index (χ2v) is 3.76. The molecule has 0 fully saturated rings. The molecule has 0 amide bonds. The van der Waals surface area contributed by atoms with E-state index in [0.29, 0.717) is 0 Å². The summed E-state index contributed by atoms with van der Waals surface area (Å²) in [5.74, 6) is 0.956. The van der Waals surface area contributed by atoms with Crippen LogP contribution in [-0.4, -0.2) is 7.11 Å². The van der Waals surface area contributed by atoms with Gasteiger partial charge in [0.1, 0.15) is 5.75 Å². The molecule has 0 heterocycles. The van der Waals surface area contributed by atoms with Crippen molar-refractivity contribution in [1.82, 2.24) is 0 Å². The first-order valence-electron chi connectivity index (χ1n) is 5.69. The third kappa shape index (κ3) is 2.99. The lowest BCUT2D eigenvalue weighted by molar-refractivity contribution is 0.411. The van der Waals surface area contributed by atoms with Crippen LogP contribution in [0.1, 0.15) is 31.4 Å². The summed E-state index contributed by atoms with van der Waals surface area (Å²) in [7, 11) is 1.72. The Hall–Kier alpha value is -1.50. The monoisotopic (exact) mass is 216 g/mol. The molecule has 0 saturated heterocycles. The second-order valence-electron chi connectivity index (χ2n) is 3.76. The van der Waals surface area contributed by atoms with Gasteiger partial charge in [-0.3, -0.25) is 0 Å². The molecular weight excluding hydrogens is 196 g/mol. The maximum atomic E-state index is 5.34. The van der Waals surface area contributed by atoms with Gasteiger partial charge in [0.25, 0.3) is 0 Å². The van der Waals surface area contributed by atoms with Crippen molar-refractivity contribution in [3.8, 4) is 5.75 Å². The topological polar surface area (TPSA) is 9.23 Å². The van der Waals surface area contributed by atoms with Crippen LogP contribution in [0.25, 0.3) is 5.57 Å². The molecule has 0 aliphatic rings. The summed E-state index contributed by atoms with van der Waals surface area (Å²) in [6, 6.07) is 6.36. The molecule has 1 rings (SSSR count). The van der Waals surface area contributed by atoms with Gasteiger partial charge >= 0.3 is 0 Å². The van der Waals surface area contributed by atoms with E-state index in [4.69, 9.17) is 4.74 Å². The van der Waals surface area contributed by atoms with Crippen LogP contribution in [0.5, 0.6) is 5.75 Å². The number of benzene rings is 1. The first kappa shape index (κ1) is 12.6. The van der Waals surface area contributed by atoms with Crippen molar-refractivity contribution in [2.45, 2.75) is 27.2 Å². The lowest BCUT2D eigenvalue weighted by atomic mass is 10.0. The first-order valence-corrected chi connectivity index (χ1v) is 5.69. The maximum Gasteiger partial charge on any atom is 0.122 e. The molecule has 0 N–H and O–H groups in total. The van der Waals surface area contributed by atoms with Gasteiger partial charge in [-0.2, -0.15) is 0 Å². The summed E-state index contributed by atoms with van der Waals surface area (Å²) < 4.78 is 5.34. The highest BCUT2D eigenvalue weighted by Crippen LogP contribution is 2.25. The minimum atomic E-state index is 0.956. The standard InChI is InChI=1S/C15H20O/c1-5-7-8-13(6-2)14-10-9-12(3)15(11-14)16-4/h5,7-11H,6H2,1-4H3/b7-5-,13-8+. The summed E-state index contributed by atoms with van der Waals surface area (Å²) in [5.41, 5.74) is 3.74. The lowest BCUT2D eigenvalue weighted by Gasteiger charge is -2.09. The van der Waals surface area contributed by atoms with Gasteiger partial charge in [0, 0.05) is 0 Å². The zero-order valence-corrected chi connectivity index (χ0v) is 10.6. The minimum Gasteiger partial charge on any atom is -0.496 e. The number of allylic oxidation sites excluding steroid dienone is 4. The molecule has 0 unspecified atom stereocenters. The fraction of sp³-hybridized carbons (Fsp3) is 0.333.